The SMILES string of the molecule is CN=C(NCc1ncnn1C)N(C)Cc1cccn1C.I. The van der Waals surface area contributed by atoms with Crippen molar-refractivity contribution < 1.29 is 0 Å². The molecule has 2 aromatic rings. The fourth-order valence-electron chi connectivity index (χ4n) is 2.00. The highest BCUT2D eigenvalue weighted by molar-refractivity contribution is 14.0. The zero-order valence-corrected chi connectivity index (χ0v) is 15.1. The summed E-state index contributed by atoms with van der Waals surface area (Å²) in [4.78, 5) is 10.6. The molecule has 2 aromatic heterocycles. The Kier molecular flexibility index (Phi) is 6.66. The van der Waals surface area contributed by atoms with Gasteiger partial charge < -0.3 is 14.8 Å². The molecule has 0 aliphatic rings. The molecule has 116 valence electrons. The van der Waals surface area contributed by atoms with Gasteiger partial charge in [-0.25, -0.2) is 4.98 Å². The molecule has 0 radical (unpaired) electrons. The van der Waals surface area contributed by atoms with Gasteiger partial charge in [-0.1, -0.05) is 0 Å². The molecule has 0 amide bonds. The Morgan fingerprint density at radius 1 is 1.43 bits per heavy atom. The normalized spacial score (nSPS) is 11.1. The van der Waals surface area contributed by atoms with E-state index in [1.165, 1.54) is 5.69 Å². The van der Waals surface area contributed by atoms with Crippen LogP contribution in [-0.4, -0.2) is 44.3 Å². The van der Waals surface area contributed by atoms with Gasteiger partial charge in [0.1, 0.15) is 12.2 Å². The predicted octanol–water partition coefficient (Wildman–Crippen LogP) is 0.979. The molecular formula is C13H22IN7. The van der Waals surface area contributed by atoms with E-state index in [1.807, 2.05) is 33.4 Å². The lowest BCUT2D eigenvalue weighted by Gasteiger charge is -2.22. The summed E-state index contributed by atoms with van der Waals surface area (Å²) in [6.45, 7) is 1.39. The van der Waals surface area contributed by atoms with Crippen LogP contribution in [0.25, 0.3) is 0 Å². The predicted molar refractivity (Wildman–Crippen MR) is 93.5 cm³/mol. The average Bonchev–Trinajstić information content (AvgIpc) is 3.00. The minimum Gasteiger partial charge on any atom is -0.353 e. The molecule has 0 saturated carbocycles. The van der Waals surface area contributed by atoms with Crippen LogP contribution in [0.15, 0.2) is 29.6 Å². The first-order chi connectivity index (χ1) is 9.61. The molecule has 2 heterocycles. The van der Waals surface area contributed by atoms with Crippen molar-refractivity contribution in [2.75, 3.05) is 14.1 Å². The van der Waals surface area contributed by atoms with Gasteiger partial charge in [0.15, 0.2) is 5.96 Å². The third-order valence-corrected chi connectivity index (χ3v) is 3.23. The maximum absolute atomic E-state index is 4.29. The maximum Gasteiger partial charge on any atom is 0.194 e. The van der Waals surface area contributed by atoms with Gasteiger partial charge in [0, 0.05) is 40.1 Å². The molecule has 0 spiro atoms. The fraction of sp³-hybridized carbons (Fsp3) is 0.462. The molecule has 0 bridgehead atoms. The molecular weight excluding hydrogens is 381 g/mol. The summed E-state index contributed by atoms with van der Waals surface area (Å²) in [5.41, 5.74) is 1.23. The second-order valence-electron chi connectivity index (χ2n) is 4.67. The van der Waals surface area contributed by atoms with Crippen molar-refractivity contribution in [1.82, 2.24) is 29.5 Å². The van der Waals surface area contributed by atoms with Gasteiger partial charge in [-0.15, -0.1) is 24.0 Å². The van der Waals surface area contributed by atoms with Gasteiger partial charge in [-0.2, -0.15) is 5.10 Å². The van der Waals surface area contributed by atoms with E-state index in [0.29, 0.717) is 6.54 Å². The van der Waals surface area contributed by atoms with Crippen molar-refractivity contribution in [1.29, 1.82) is 0 Å². The standard InChI is InChI=1S/C13H21N7.HI/c1-14-13(15-8-12-16-10-17-20(12)4)19(3)9-11-6-5-7-18(11)2;/h5-7,10H,8-9H2,1-4H3,(H,14,15);1H. The number of hydrogen-bond acceptors (Lipinski definition) is 3. The van der Waals surface area contributed by atoms with Crippen LogP contribution in [0.4, 0.5) is 0 Å². The molecule has 8 heteroatoms. The Bertz CT molecular complexity index is 587. The van der Waals surface area contributed by atoms with E-state index in [4.69, 9.17) is 0 Å². The lowest BCUT2D eigenvalue weighted by molar-refractivity contribution is 0.459. The number of halogens is 1. The number of aliphatic imine (C=N–C) groups is 1. The second kappa shape index (κ2) is 8.01. The van der Waals surface area contributed by atoms with Crippen LogP contribution in [0, 0.1) is 0 Å². The average molecular weight is 403 g/mol. The van der Waals surface area contributed by atoms with Crippen LogP contribution in [0.3, 0.4) is 0 Å². The van der Waals surface area contributed by atoms with Gasteiger partial charge in [0.25, 0.3) is 0 Å². The Balaban J connectivity index is 0.00000220. The van der Waals surface area contributed by atoms with Crippen LogP contribution in [-0.2, 0) is 27.2 Å². The minimum atomic E-state index is 0. The molecule has 0 unspecified atom stereocenters. The first kappa shape index (κ1) is 17.5. The fourth-order valence-corrected chi connectivity index (χ4v) is 2.00. The first-order valence-corrected chi connectivity index (χ1v) is 6.46. The number of hydrogen-bond donors (Lipinski definition) is 1. The van der Waals surface area contributed by atoms with Gasteiger partial charge in [0.05, 0.1) is 13.1 Å². The third kappa shape index (κ3) is 4.45. The number of nitrogens with zero attached hydrogens (tertiary/aromatic N) is 6. The van der Waals surface area contributed by atoms with E-state index in [2.05, 4.69) is 35.9 Å². The number of nitrogens with one attached hydrogen (secondary N) is 1. The number of aryl methyl sites for hydroxylation is 2. The molecule has 21 heavy (non-hydrogen) atoms. The number of guanidine groups is 1. The molecule has 0 saturated heterocycles. The molecule has 2 rings (SSSR count). The van der Waals surface area contributed by atoms with Crippen molar-refractivity contribution in [3.63, 3.8) is 0 Å². The van der Waals surface area contributed by atoms with Crippen LogP contribution in [0.5, 0.6) is 0 Å². The van der Waals surface area contributed by atoms with E-state index in [0.717, 1.165) is 18.3 Å². The highest BCUT2D eigenvalue weighted by Gasteiger charge is 2.09. The van der Waals surface area contributed by atoms with Gasteiger partial charge >= 0.3 is 0 Å². The third-order valence-electron chi connectivity index (χ3n) is 3.23. The van der Waals surface area contributed by atoms with E-state index in [1.54, 1.807) is 18.1 Å². The highest BCUT2D eigenvalue weighted by Crippen LogP contribution is 2.03. The summed E-state index contributed by atoms with van der Waals surface area (Å²) in [6.07, 6.45) is 3.59. The van der Waals surface area contributed by atoms with Crippen molar-refractivity contribution in [3.05, 3.63) is 36.2 Å². The Labute approximate surface area is 142 Å². The lowest BCUT2D eigenvalue weighted by Crippen LogP contribution is -2.38. The zero-order valence-electron chi connectivity index (χ0n) is 12.8. The quantitative estimate of drug-likeness (QED) is 0.470. The summed E-state index contributed by atoms with van der Waals surface area (Å²) in [7, 11) is 7.71. The molecule has 0 aliphatic carbocycles. The van der Waals surface area contributed by atoms with Crippen LogP contribution < -0.4 is 5.32 Å². The van der Waals surface area contributed by atoms with Crippen LogP contribution in [0.1, 0.15) is 11.5 Å². The molecule has 0 aromatic carbocycles. The lowest BCUT2D eigenvalue weighted by atomic mass is 10.4. The first-order valence-electron chi connectivity index (χ1n) is 6.46. The summed E-state index contributed by atoms with van der Waals surface area (Å²) in [5.74, 6) is 1.70. The summed E-state index contributed by atoms with van der Waals surface area (Å²) in [5, 5.41) is 7.33. The van der Waals surface area contributed by atoms with Crippen molar-refractivity contribution in [3.8, 4) is 0 Å². The van der Waals surface area contributed by atoms with E-state index < -0.39 is 0 Å². The molecule has 1 N–H and O–H groups in total. The van der Waals surface area contributed by atoms with Crippen molar-refractivity contribution >= 4 is 29.9 Å². The van der Waals surface area contributed by atoms with Gasteiger partial charge in [-0.05, 0) is 12.1 Å². The minimum absolute atomic E-state index is 0. The summed E-state index contributed by atoms with van der Waals surface area (Å²) in [6, 6.07) is 4.14. The van der Waals surface area contributed by atoms with Crippen LogP contribution in [0.2, 0.25) is 0 Å². The second-order valence-corrected chi connectivity index (χ2v) is 4.67. The molecule has 0 atom stereocenters. The number of rotatable bonds is 4. The number of aromatic nitrogens is 4. The summed E-state index contributed by atoms with van der Waals surface area (Å²) >= 11 is 0. The van der Waals surface area contributed by atoms with Crippen molar-refractivity contribution in [2.24, 2.45) is 19.1 Å². The highest BCUT2D eigenvalue weighted by atomic mass is 127. The molecule has 7 nitrogen and oxygen atoms in total. The van der Waals surface area contributed by atoms with Gasteiger partial charge in [-0.3, -0.25) is 9.67 Å². The summed E-state index contributed by atoms with van der Waals surface area (Å²) < 4.78 is 3.85. The largest absolute Gasteiger partial charge is 0.353 e. The van der Waals surface area contributed by atoms with E-state index in [9.17, 15) is 0 Å². The van der Waals surface area contributed by atoms with E-state index >= 15 is 0 Å². The Morgan fingerprint density at radius 3 is 2.71 bits per heavy atom. The Morgan fingerprint density at radius 2 is 2.19 bits per heavy atom. The van der Waals surface area contributed by atoms with Crippen molar-refractivity contribution in [2.45, 2.75) is 13.1 Å². The molecule has 0 fully saturated rings. The monoisotopic (exact) mass is 403 g/mol. The smallest absolute Gasteiger partial charge is 0.194 e. The topological polar surface area (TPSA) is 63.3 Å². The van der Waals surface area contributed by atoms with Gasteiger partial charge in [0.2, 0.25) is 0 Å². The van der Waals surface area contributed by atoms with Crippen LogP contribution >= 0.6 is 24.0 Å². The Hall–Kier alpha value is -1.58. The zero-order chi connectivity index (χ0) is 14.5. The maximum atomic E-state index is 4.29. The molecule has 0 aliphatic heterocycles. The van der Waals surface area contributed by atoms with E-state index in [-0.39, 0.29) is 24.0 Å².